The van der Waals surface area contributed by atoms with Crippen molar-refractivity contribution in [2.45, 2.75) is 13.5 Å². The van der Waals surface area contributed by atoms with Crippen molar-refractivity contribution in [3.63, 3.8) is 0 Å². The Kier molecular flexibility index (Phi) is 4.23. The maximum atomic E-state index is 13.2. The van der Waals surface area contributed by atoms with Gasteiger partial charge in [-0.05, 0) is 55.0 Å². The number of aromatic nitrogens is 3. The number of hydrogen-bond acceptors (Lipinski definition) is 4. The fourth-order valence-electron chi connectivity index (χ4n) is 2.68. The van der Waals surface area contributed by atoms with Crippen molar-refractivity contribution in [1.29, 1.82) is 0 Å². The van der Waals surface area contributed by atoms with Crippen LogP contribution in [0, 0.1) is 12.7 Å². The molecule has 0 fully saturated rings. The molecule has 2 heterocycles. The fraction of sp³-hybridized carbons (Fsp3) is 0.100. The molecule has 0 unspecified atom stereocenters. The molecular weight excluding hydrogens is 331 g/mol. The summed E-state index contributed by atoms with van der Waals surface area (Å²) in [5.74, 6) is 1.29. The number of aryl methyl sites for hydroxylation is 1. The molecule has 0 spiro atoms. The molecule has 26 heavy (non-hydrogen) atoms. The number of nitrogens with one attached hydrogen (secondary N) is 1. The summed E-state index contributed by atoms with van der Waals surface area (Å²) in [4.78, 5) is 4.29. The lowest BCUT2D eigenvalue weighted by molar-refractivity contribution is 0.305. The van der Waals surface area contributed by atoms with Crippen LogP contribution in [-0.4, -0.2) is 14.6 Å². The minimum atomic E-state index is -0.261. The Bertz CT molecular complexity index is 1040. The maximum Gasteiger partial charge on any atom is 0.157 e. The standard InChI is InChI=1S/C20H17FN4O/c1-14-11-20-22-10-9-19(25(20)24-14)23-17-5-7-18(8-6-17)26-13-15-3-2-4-16(21)12-15/h2-12,23H,13H2,1H3. The molecular formula is C20H17FN4O. The van der Waals surface area contributed by atoms with Gasteiger partial charge in [-0.15, -0.1) is 0 Å². The molecule has 0 radical (unpaired) electrons. The molecule has 0 saturated heterocycles. The summed E-state index contributed by atoms with van der Waals surface area (Å²) in [5.41, 5.74) is 3.40. The van der Waals surface area contributed by atoms with E-state index in [0.29, 0.717) is 6.61 Å². The number of halogens is 1. The lowest BCUT2D eigenvalue weighted by Gasteiger charge is -2.10. The summed E-state index contributed by atoms with van der Waals surface area (Å²) in [5, 5.41) is 7.76. The van der Waals surface area contributed by atoms with Gasteiger partial charge < -0.3 is 10.1 Å². The first-order chi connectivity index (χ1) is 12.7. The van der Waals surface area contributed by atoms with E-state index in [2.05, 4.69) is 15.4 Å². The predicted molar refractivity (Wildman–Crippen MR) is 98.2 cm³/mol. The van der Waals surface area contributed by atoms with E-state index < -0.39 is 0 Å². The second-order valence-corrected chi connectivity index (χ2v) is 5.95. The highest BCUT2D eigenvalue weighted by Gasteiger charge is 2.05. The van der Waals surface area contributed by atoms with Crippen molar-refractivity contribution in [1.82, 2.24) is 14.6 Å². The van der Waals surface area contributed by atoms with Gasteiger partial charge in [0.15, 0.2) is 5.65 Å². The van der Waals surface area contributed by atoms with Gasteiger partial charge in [-0.2, -0.15) is 9.61 Å². The molecule has 0 aliphatic carbocycles. The normalized spacial score (nSPS) is 10.8. The van der Waals surface area contributed by atoms with Crippen LogP contribution in [-0.2, 0) is 6.61 Å². The zero-order valence-electron chi connectivity index (χ0n) is 14.2. The third kappa shape index (κ3) is 3.49. The van der Waals surface area contributed by atoms with Gasteiger partial charge in [-0.1, -0.05) is 12.1 Å². The van der Waals surface area contributed by atoms with Gasteiger partial charge in [-0.25, -0.2) is 9.37 Å². The molecule has 130 valence electrons. The second kappa shape index (κ2) is 6.84. The molecule has 2 aromatic heterocycles. The Labute approximate surface area is 150 Å². The third-order valence-electron chi connectivity index (χ3n) is 3.90. The molecule has 0 amide bonds. The first-order valence-corrected chi connectivity index (χ1v) is 8.23. The highest BCUT2D eigenvalue weighted by atomic mass is 19.1. The van der Waals surface area contributed by atoms with E-state index >= 15 is 0 Å². The van der Waals surface area contributed by atoms with Gasteiger partial charge in [0, 0.05) is 18.0 Å². The zero-order chi connectivity index (χ0) is 17.9. The Balaban J connectivity index is 1.45. The summed E-state index contributed by atoms with van der Waals surface area (Å²) in [6.07, 6.45) is 1.75. The van der Waals surface area contributed by atoms with Crippen LogP contribution in [0.4, 0.5) is 15.9 Å². The van der Waals surface area contributed by atoms with E-state index in [9.17, 15) is 4.39 Å². The van der Waals surface area contributed by atoms with Gasteiger partial charge in [0.1, 0.15) is 24.0 Å². The van der Waals surface area contributed by atoms with Crippen LogP contribution in [0.5, 0.6) is 5.75 Å². The van der Waals surface area contributed by atoms with Crippen molar-refractivity contribution in [3.05, 3.63) is 83.9 Å². The number of fused-ring (bicyclic) bond motifs is 1. The lowest BCUT2D eigenvalue weighted by Crippen LogP contribution is -2.01. The largest absolute Gasteiger partial charge is 0.489 e. The summed E-state index contributed by atoms with van der Waals surface area (Å²) < 4.78 is 20.7. The Morgan fingerprint density at radius 3 is 2.73 bits per heavy atom. The van der Waals surface area contributed by atoms with Gasteiger partial charge in [0.2, 0.25) is 0 Å². The second-order valence-electron chi connectivity index (χ2n) is 5.95. The SMILES string of the molecule is Cc1cc2nccc(Nc3ccc(OCc4cccc(F)c4)cc3)n2n1. The molecule has 0 aliphatic heterocycles. The van der Waals surface area contributed by atoms with Crippen molar-refractivity contribution in [2.75, 3.05) is 5.32 Å². The zero-order valence-corrected chi connectivity index (χ0v) is 14.2. The maximum absolute atomic E-state index is 13.2. The molecule has 4 aromatic rings. The minimum absolute atomic E-state index is 0.261. The van der Waals surface area contributed by atoms with Crippen molar-refractivity contribution in [2.24, 2.45) is 0 Å². The monoisotopic (exact) mass is 348 g/mol. The molecule has 1 N–H and O–H groups in total. The molecule has 0 saturated carbocycles. The van der Waals surface area contributed by atoms with E-state index in [4.69, 9.17) is 4.74 Å². The summed E-state index contributed by atoms with van der Waals surface area (Å²) in [7, 11) is 0. The van der Waals surface area contributed by atoms with E-state index in [1.807, 2.05) is 49.4 Å². The van der Waals surface area contributed by atoms with Crippen molar-refractivity contribution < 1.29 is 9.13 Å². The molecule has 5 nitrogen and oxygen atoms in total. The van der Waals surface area contributed by atoms with Crippen LogP contribution in [0.2, 0.25) is 0 Å². The molecule has 0 aliphatic rings. The van der Waals surface area contributed by atoms with Gasteiger partial charge >= 0.3 is 0 Å². The van der Waals surface area contributed by atoms with Gasteiger partial charge in [0.05, 0.1) is 5.69 Å². The Morgan fingerprint density at radius 2 is 1.92 bits per heavy atom. The van der Waals surface area contributed by atoms with Crippen LogP contribution in [0.25, 0.3) is 5.65 Å². The van der Waals surface area contributed by atoms with E-state index in [1.165, 1.54) is 12.1 Å². The fourth-order valence-corrected chi connectivity index (χ4v) is 2.68. The van der Waals surface area contributed by atoms with E-state index in [0.717, 1.165) is 34.2 Å². The smallest absolute Gasteiger partial charge is 0.157 e. The highest BCUT2D eigenvalue weighted by molar-refractivity contribution is 5.60. The number of benzene rings is 2. The van der Waals surface area contributed by atoms with E-state index in [1.54, 1.807) is 16.8 Å². The van der Waals surface area contributed by atoms with Crippen molar-refractivity contribution in [3.8, 4) is 5.75 Å². The number of ether oxygens (including phenoxy) is 1. The molecule has 0 bridgehead atoms. The number of hydrogen-bond donors (Lipinski definition) is 1. The first kappa shape index (κ1) is 16.1. The molecule has 4 rings (SSSR count). The first-order valence-electron chi connectivity index (χ1n) is 8.23. The predicted octanol–water partition coefficient (Wildman–Crippen LogP) is 4.50. The average molecular weight is 348 g/mol. The number of anilines is 2. The Hall–Kier alpha value is -3.41. The molecule has 6 heteroatoms. The van der Waals surface area contributed by atoms with Gasteiger partial charge in [-0.3, -0.25) is 0 Å². The number of nitrogens with zero attached hydrogens (tertiary/aromatic N) is 3. The lowest BCUT2D eigenvalue weighted by atomic mass is 10.2. The highest BCUT2D eigenvalue weighted by Crippen LogP contribution is 2.21. The number of rotatable bonds is 5. The average Bonchev–Trinajstić information content (AvgIpc) is 3.03. The summed E-state index contributed by atoms with van der Waals surface area (Å²) in [6, 6.07) is 17.8. The summed E-state index contributed by atoms with van der Waals surface area (Å²) >= 11 is 0. The third-order valence-corrected chi connectivity index (χ3v) is 3.90. The van der Waals surface area contributed by atoms with Gasteiger partial charge in [0.25, 0.3) is 0 Å². The van der Waals surface area contributed by atoms with Crippen LogP contribution >= 0.6 is 0 Å². The molecule has 0 atom stereocenters. The van der Waals surface area contributed by atoms with E-state index in [-0.39, 0.29) is 5.82 Å². The van der Waals surface area contributed by atoms with Crippen LogP contribution in [0.1, 0.15) is 11.3 Å². The molecule has 2 aromatic carbocycles. The van der Waals surface area contributed by atoms with Crippen molar-refractivity contribution >= 4 is 17.2 Å². The van der Waals surface area contributed by atoms with Crippen LogP contribution in [0.15, 0.2) is 66.9 Å². The summed E-state index contributed by atoms with van der Waals surface area (Å²) in [6.45, 7) is 2.26. The minimum Gasteiger partial charge on any atom is -0.489 e. The van der Waals surface area contributed by atoms with Crippen LogP contribution < -0.4 is 10.1 Å². The quantitative estimate of drug-likeness (QED) is 0.577. The topological polar surface area (TPSA) is 51.5 Å². The Morgan fingerprint density at radius 1 is 1.08 bits per heavy atom. The van der Waals surface area contributed by atoms with Crippen LogP contribution in [0.3, 0.4) is 0 Å².